The van der Waals surface area contributed by atoms with Crippen molar-refractivity contribution < 1.29 is 4.79 Å². The highest BCUT2D eigenvalue weighted by Gasteiger charge is 2.33. The Bertz CT molecular complexity index is 191. The highest BCUT2D eigenvalue weighted by molar-refractivity contribution is 5.77. The van der Waals surface area contributed by atoms with Crippen molar-refractivity contribution in [3.63, 3.8) is 0 Å². The van der Waals surface area contributed by atoms with E-state index in [0.717, 1.165) is 24.8 Å². The number of nitrogens with zero attached hydrogens (tertiary/aromatic N) is 1. The van der Waals surface area contributed by atoms with E-state index in [9.17, 15) is 4.79 Å². The molecule has 0 aromatic heterocycles. The van der Waals surface area contributed by atoms with Crippen LogP contribution in [-0.2, 0) is 4.79 Å². The predicted octanol–water partition coefficient (Wildman–Crippen LogP) is 2.68. The summed E-state index contributed by atoms with van der Waals surface area (Å²) in [6.07, 6.45) is 6.19. The Morgan fingerprint density at radius 1 is 1.14 bits per heavy atom. The summed E-state index contributed by atoms with van der Waals surface area (Å²) in [5, 5.41) is 0. The van der Waals surface area contributed by atoms with Crippen LogP contribution >= 0.6 is 0 Å². The molecule has 1 saturated carbocycles. The second kappa shape index (κ2) is 5.38. The van der Waals surface area contributed by atoms with Crippen molar-refractivity contribution in [3.8, 4) is 0 Å². The van der Waals surface area contributed by atoms with Gasteiger partial charge in [0.15, 0.2) is 0 Å². The van der Waals surface area contributed by atoms with Crippen LogP contribution in [0, 0.1) is 11.8 Å². The number of carbonyl (C=O) groups excluding carboxylic acids is 1. The average Bonchev–Trinajstić information content (AvgIpc) is 2.23. The molecule has 2 atom stereocenters. The molecule has 2 nitrogen and oxygen atoms in total. The lowest BCUT2D eigenvalue weighted by Gasteiger charge is -2.39. The second-order valence-electron chi connectivity index (χ2n) is 4.28. The van der Waals surface area contributed by atoms with Crippen molar-refractivity contribution in [3.05, 3.63) is 0 Å². The normalized spacial score (nSPS) is 31.6. The fourth-order valence-electron chi connectivity index (χ4n) is 2.63. The fourth-order valence-corrected chi connectivity index (χ4v) is 2.63. The summed E-state index contributed by atoms with van der Waals surface area (Å²) >= 11 is 0. The van der Waals surface area contributed by atoms with Crippen molar-refractivity contribution in [2.75, 3.05) is 13.6 Å². The predicted molar refractivity (Wildman–Crippen MR) is 59.1 cm³/mol. The monoisotopic (exact) mass is 197 g/mol. The fraction of sp³-hybridized carbons (Fsp3) is 0.917. The Kier molecular flexibility index (Phi) is 4.43. The van der Waals surface area contributed by atoms with Crippen LogP contribution in [0.1, 0.15) is 46.0 Å². The van der Waals surface area contributed by atoms with Crippen LogP contribution in [0.5, 0.6) is 0 Å². The molecule has 2 unspecified atom stereocenters. The maximum Gasteiger partial charge on any atom is 0.222 e. The highest BCUT2D eigenvalue weighted by Crippen LogP contribution is 2.35. The number of likely N-dealkylation sites (tertiary alicyclic amines) is 1. The lowest BCUT2D eigenvalue weighted by atomic mass is 9.75. The van der Waals surface area contributed by atoms with Crippen LogP contribution < -0.4 is 0 Å². The molecule has 1 saturated heterocycles. The molecule has 0 spiro atoms. The largest absolute Gasteiger partial charge is 0.345 e. The zero-order valence-corrected chi connectivity index (χ0v) is 9.75. The van der Waals surface area contributed by atoms with Gasteiger partial charge >= 0.3 is 0 Å². The van der Waals surface area contributed by atoms with E-state index in [1.54, 1.807) is 0 Å². The van der Waals surface area contributed by atoms with E-state index in [-0.39, 0.29) is 0 Å². The summed E-state index contributed by atoms with van der Waals surface area (Å²) in [4.78, 5) is 13.3. The summed E-state index contributed by atoms with van der Waals surface area (Å²) in [6.45, 7) is 5.02. The minimum Gasteiger partial charge on any atom is -0.345 e. The van der Waals surface area contributed by atoms with Crippen molar-refractivity contribution in [2.24, 2.45) is 11.8 Å². The van der Waals surface area contributed by atoms with Crippen LogP contribution in [0.4, 0.5) is 0 Å². The van der Waals surface area contributed by atoms with Gasteiger partial charge in [0.25, 0.3) is 0 Å². The van der Waals surface area contributed by atoms with Crippen molar-refractivity contribution >= 4 is 5.91 Å². The third kappa shape index (κ3) is 2.49. The van der Waals surface area contributed by atoms with Gasteiger partial charge < -0.3 is 4.90 Å². The topological polar surface area (TPSA) is 20.3 Å². The molecule has 0 aromatic carbocycles. The van der Waals surface area contributed by atoms with Crippen molar-refractivity contribution in [1.29, 1.82) is 0 Å². The van der Waals surface area contributed by atoms with E-state index in [1.807, 2.05) is 25.8 Å². The van der Waals surface area contributed by atoms with Gasteiger partial charge in [-0.05, 0) is 24.7 Å². The first kappa shape index (κ1) is 11.5. The Hall–Kier alpha value is -0.530. The van der Waals surface area contributed by atoms with Gasteiger partial charge in [0.1, 0.15) is 0 Å². The third-order valence-corrected chi connectivity index (χ3v) is 3.44. The number of rotatable bonds is 0. The standard InChI is InChI=1S/C10H17NO.C2H6/c1-11-7-9-5-3-2-4-8(9)6-10(11)12;1-2/h8-9H,2-7H2,1H3;1-2H3. The van der Waals surface area contributed by atoms with E-state index in [0.29, 0.717) is 5.91 Å². The van der Waals surface area contributed by atoms with Gasteiger partial charge in [-0.3, -0.25) is 4.79 Å². The molecule has 2 heteroatoms. The van der Waals surface area contributed by atoms with Crippen LogP contribution in [0.15, 0.2) is 0 Å². The van der Waals surface area contributed by atoms with Gasteiger partial charge in [0, 0.05) is 20.0 Å². The van der Waals surface area contributed by atoms with Crippen LogP contribution in [0.25, 0.3) is 0 Å². The lowest BCUT2D eigenvalue weighted by Crippen LogP contribution is -2.43. The molecule has 0 aromatic rings. The molecule has 2 aliphatic rings. The smallest absolute Gasteiger partial charge is 0.222 e. The SMILES string of the molecule is CC.CN1CC2CCCCC2CC1=O. The number of fused-ring (bicyclic) bond motifs is 1. The number of piperidine rings is 1. The second-order valence-corrected chi connectivity index (χ2v) is 4.28. The van der Waals surface area contributed by atoms with Crippen molar-refractivity contribution in [2.45, 2.75) is 46.0 Å². The Balaban J connectivity index is 0.000000461. The van der Waals surface area contributed by atoms with Gasteiger partial charge in [0.05, 0.1) is 0 Å². The van der Waals surface area contributed by atoms with E-state index in [1.165, 1.54) is 25.7 Å². The molecule has 0 N–H and O–H groups in total. The van der Waals surface area contributed by atoms with Crippen LogP contribution in [0.2, 0.25) is 0 Å². The van der Waals surface area contributed by atoms with E-state index < -0.39 is 0 Å². The molecule has 82 valence electrons. The minimum absolute atomic E-state index is 0.359. The first-order chi connectivity index (χ1) is 6.77. The maximum atomic E-state index is 11.4. The van der Waals surface area contributed by atoms with E-state index in [2.05, 4.69) is 0 Å². The molecule has 1 aliphatic carbocycles. The first-order valence-corrected chi connectivity index (χ1v) is 6.01. The van der Waals surface area contributed by atoms with Crippen molar-refractivity contribution in [1.82, 2.24) is 4.90 Å². The van der Waals surface area contributed by atoms with Gasteiger partial charge in [-0.25, -0.2) is 0 Å². The molecular formula is C12H23NO. The molecule has 2 fully saturated rings. The minimum atomic E-state index is 0.359. The summed E-state index contributed by atoms with van der Waals surface area (Å²) in [7, 11) is 1.94. The molecular weight excluding hydrogens is 174 g/mol. The molecule has 0 bridgehead atoms. The van der Waals surface area contributed by atoms with Gasteiger partial charge in [0.2, 0.25) is 5.91 Å². The molecule has 2 rings (SSSR count). The summed E-state index contributed by atoms with van der Waals surface area (Å²) in [5.74, 6) is 1.90. The van der Waals surface area contributed by atoms with E-state index in [4.69, 9.17) is 0 Å². The molecule has 1 amide bonds. The lowest BCUT2D eigenvalue weighted by molar-refractivity contribution is -0.136. The molecule has 1 aliphatic heterocycles. The number of carbonyl (C=O) groups is 1. The summed E-state index contributed by atoms with van der Waals surface area (Å²) < 4.78 is 0. The average molecular weight is 197 g/mol. The zero-order valence-electron chi connectivity index (χ0n) is 9.75. The highest BCUT2D eigenvalue weighted by atomic mass is 16.2. The summed E-state index contributed by atoms with van der Waals surface area (Å²) in [5.41, 5.74) is 0. The van der Waals surface area contributed by atoms with Gasteiger partial charge in [-0.15, -0.1) is 0 Å². The van der Waals surface area contributed by atoms with Crippen LogP contribution in [-0.4, -0.2) is 24.4 Å². The zero-order chi connectivity index (χ0) is 10.6. The quantitative estimate of drug-likeness (QED) is 0.584. The molecule has 1 heterocycles. The maximum absolute atomic E-state index is 11.4. The molecule has 14 heavy (non-hydrogen) atoms. The Morgan fingerprint density at radius 3 is 2.36 bits per heavy atom. The Labute approximate surface area is 87.7 Å². The number of amides is 1. The van der Waals surface area contributed by atoms with Gasteiger partial charge in [-0.1, -0.05) is 26.7 Å². The number of hydrogen-bond acceptors (Lipinski definition) is 1. The van der Waals surface area contributed by atoms with Crippen LogP contribution in [0.3, 0.4) is 0 Å². The first-order valence-electron chi connectivity index (χ1n) is 6.01. The third-order valence-electron chi connectivity index (χ3n) is 3.44. The summed E-state index contributed by atoms with van der Waals surface area (Å²) in [6, 6.07) is 0. The number of hydrogen-bond donors (Lipinski definition) is 0. The molecule has 0 radical (unpaired) electrons. The van der Waals surface area contributed by atoms with Gasteiger partial charge in [-0.2, -0.15) is 0 Å². The Morgan fingerprint density at radius 2 is 1.71 bits per heavy atom. The van der Waals surface area contributed by atoms with E-state index >= 15 is 0 Å².